The number of rotatable bonds is 4. The van der Waals surface area contributed by atoms with Crippen LogP contribution < -0.4 is 20.9 Å². The van der Waals surface area contributed by atoms with Crippen LogP contribution in [0, 0.1) is 0 Å². The second-order valence-corrected chi connectivity index (χ2v) is 8.47. The number of fused-ring (bicyclic) bond motifs is 2. The Bertz CT molecular complexity index is 1070. The minimum absolute atomic E-state index is 0.808. The average Bonchev–Trinajstić information content (AvgIpc) is 3.17. The maximum absolute atomic E-state index is 5.94. The molecule has 2 heterocycles. The third-order valence-electron chi connectivity index (χ3n) is 4.62. The summed E-state index contributed by atoms with van der Waals surface area (Å²) in [5, 5.41) is 2.45. The Morgan fingerprint density at radius 2 is 1.85 bits per heavy atom. The predicted octanol–water partition coefficient (Wildman–Crippen LogP) is 4.86. The van der Waals surface area contributed by atoms with Crippen molar-refractivity contribution in [1.82, 2.24) is 0 Å². The van der Waals surface area contributed by atoms with Gasteiger partial charge >= 0.3 is 0 Å². The van der Waals surface area contributed by atoms with Crippen LogP contribution in [0.3, 0.4) is 0 Å². The number of thioether (sulfide) groups is 1. The maximum Gasteiger partial charge on any atom is 0.262 e. The molecule has 138 valence electrons. The molecular weight excluding hydrogens is 372 g/mol. The molecule has 0 saturated carbocycles. The van der Waals surface area contributed by atoms with Crippen molar-refractivity contribution in [3.05, 3.63) is 58.6 Å². The summed E-state index contributed by atoms with van der Waals surface area (Å²) in [5.41, 5.74) is 16.0. The van der Waals surface area contributed by atoms with Gasteiger partial charge in [-0.05, 0) is 50.3 Å². The van der Waals surface area contributed by atoms with Crippen molar-refractivity contribution in [2.24, 2.45) is 0 Å². The molecule has 0 spiro atoms. The highest BCUT2D eigenvalue weighted by atomic mass is 32.2. The lowest BCUT2D eigenvalue weighted by Crippen LogP contribution is -2.33. The Balaban J connectivity index is 1.65. The summed E-state index contributed by atoms with van der Waals surface area (Å²) >= 11 is 3.54. The Morgan fingerprint density at radius 1 is 1.07 bits per heavy atom. The first-order chi connectivity index (χ1) is 13.1. The van der Waals surface area contributed by atoms with Gasteiger partial charge in [0.1, 0.15) is 11.2 Å². The van der Waals surface area contributed by atoms with E-state index in [-0.39, 0.29) is 0 Å². The van der Waals surface area contributed by atoms with Gasteiger partial charge in [-0.25, -0.2) is 0 Å². The molecule has 1 aliphatic heterocycles. The number of nitrogen functional groups attached to an aromatic ring is 2. The predicted molar refractivity (Wildman–Crippen MR) is 119 cm³/mol. The van der Waals surface area contributed by atoms with E-state index >= 15 is 0 Å². The Labute approximate surface area is 167 Å². The molecule has 4 nitrogen and oxygen atoms in total. The lowest BCUT2D eigenvalue weighted by Gasteiger charge is -2.17. The van der Waals surface area contributed by atoms with Crippen LogP contribution in [0.4, 0.5) is 17.1 Å². The Morgan fingerprint density at radius 3 is 2.63 bits per heavy atom. The summed E-state index contributed by atoms with van der Waals surface area (Å²) in [5.74, 6) is 0. The van der Waals surface area contributed by atoms with E-state index in [0.29, 0.717) is 0 Å². The number of allylic oxidation sites excluding steroid dienone is 2. The van der Waals surface area contributed by atoms with Crippen LogP contribution in [0.1, 0.15) is 18.9 Å². The van der Waals surface area contributed by atoms with Crippen LogP contribution in [-0.4, -0.2) is 6.54 Å². The zero-order chi connectivity index (χ0) is 19.0. The van der Waals surface area contributed by atoms with E-state index in [1.54, 1.807) is 23.1 Å². The number of nitrogens with two attached hydrogens (primary N) is 2. The molecule has 0 unspecified atom stereocenters. The zero-order valence-corrected chi connectivity index (χ0v) is 17.1. The number of benzene rings is 2. The van der Waals surface area contributed by atoms with Gasteiger partial charge in [-0.1, -0.05) is 29.2 Å². The first-order valence-corrected chi connectivity index (χ1v) is 10.7. The normalized spacial score (nSPS) is 15.3. The molecule has 0 aliphatic carbocycles. The molecule has 1 aliphatic rings. The average molecular weight is 396 g/mol. The number of hydrogen-bond acceptors (Lipinski definition) is 5. The van der Waals surface area contributed by atoms with Gasteiger partial charge in [0, 0.05) is 35.0 Å². The second-order valence-electron chi connectivity index (χ2n) is 6.35. The topological polar surface area (TPSA) is 59.2 Å². The summed E-state index contributed by atoms with van der Waals surface area (Å²) in [6.45, 7) is 6.21. The molecule has 0 amide bonds. The highest BCUT2D eigenvalue weighted by molar-refractivity contribution is 8.03. The Hall–Kier alpha value is -2.44. The van der Waals surface area contributed by atoms with E-state index in [0.717, 1.165) is 24.5 Å². The van der Waals surface area contributed by atoms with Crippen molar-refractivity contribution in [2.45, 2.75) is 25.3 Å². The van der Waals surface area contributed by atoms with Crippen molar-refractivity contribution in [2.75, 3.05) is 22.9 Å². The van der Waals surface area contributed by atoms with Crippen LogP contribution in [0.15, 0.2) is 58.5 Å². The molecule has 1 aromatic heterocycles. The highest BCUT2D eigenvalue weighted by Crippen LogP contribution is 2.46. The molecule has 0 radical (unpaired) electrons. The molecule has 3 aromatic rings. The van der Waals surface area contributed by atoms with Crippen molar-refractivity contribution in [3.63, 3.8) is 0 Å². The zero-order valence-electron chi connectivity index (χ0n) is 15.5. The van der Waals surface area contributed by atoms with Gasteiger partial charge in [-0.15, -0.1) is 0 Å². The molecule has 2 aromatic carbocycles. The van der Waals surface area contributed by atoms with Crippen LogP contribution >= 0.6 is 23.1 Å². The number of nitrogens with zero attached hydrogens (tertiary/aromatic N) is 2. The fourth-order valence-corrected chi connectivity index (χ4v) is 5.73. The molecule has 0 atom stereocenters. The van der Waals surface area contributed by atoms with E-state index in [2.05, 4.69) is 65.8 Å². The number of aryl methyl sites for hydroxylation is 1. The van der Waals surface area contributed by atoms with Crippen molar-refractivity contribution < 1.29 is 4.57 Å². The molecule has 0 saturated heterocycles. The van der Waals surface area contributed by atoms with E-state index in [1.807, 2.05) is 12.1 Å². The third kappa shape index (κ3) is 3.31. The van der Waals surface area contributed by atoms with Crippen molar-refractivity contribution in [1.29, 1.82) is 0 Å². The standard InChI is InChI=1S/C21H23N4S2/c1-3-24-16-10-8-14(22)12-18(16)26-20(24)6-5-7-21-25(4-2)17-11-9-15(23)13-19(17)27-21/h5-13H,3-4,22-23H2,1-2H3/q+1. The van der Waals surface area contributed by atoms with Crippen LogP contribution in [0.2, 0.25) is 0 Å². The smallest absolute Gasteiger partial charge is 0.262 e. The summed E-state index contributed by atoms with van der Waals surface area (Å²) < 4.78 is 3.54. The lowest BCUT2D eigenvalue weighted by molar-refractivity contribution is -0.665. The minimum atomic E-state index is 0.808. The third-order valence-corrected chi connectivity index (χ3v) is 6.85. The molecule has 4 N–H and O–H groups in total. The van der Waals surface area contributed by atoms with Gasteiger partial charge < -0.3 is 16.4 Å². The molecule has 27 heavy (non-hydrogen) atoms. The lowest BCUT2D eigenvalue weighted by atomic mass is 10.2. The first kappa shape index (κ1) is 17.9. The van der Waals surface area contributed by atoms with Crippen molar-refractivity contribution >= 4 is 56.5 Å². The van der Waals surface area contributed by atoms with E-state index in [4.69, 9.17) is 11.5 Å². The summed E-state index contributed by atoms with van der Waals surface area (Å²) in [7, 11) is 0. The van der Waals surface area contributed by atoms with Gasteiger partial charge in [0.15, 0.2) is 0 Å². The minimum Gasteiger partial charge on any atom is -0.399 e. The molecule has 4 rings (SSSR count). The quantitative estimate of drug-likeness (QED) is 0.489. The largest absolute Gasteiger partial charge is 0.399 e. The van der Waals surface area contributed by atoms with Crippen molar-refractivity contribution in [3.8, 4) is 0 Å². The Kier molecular flexibility index (Phi) is 4.85. The number of thiazole rings is 1. The summed E-state index contributed by atoms with van der Waals surface area (Å²) in [4.78, 5) is 3.54. The maximum atomic E-state index is 5.94. The molecular formula is C21H23N4S2+. The van der Waals surface area contributed by atoms with E-state index < -0.39 is 0 Å². The summed E-state index contributed by atoms with van der Waals surface area (Å²) in [6.07, 6.45) is 6.51. The van der Waals surface area contributed by atoms with Crippen LogP contribution in [0.5, 0.6) is 0 Å². The number of hydrogen-bond donors (Lipinski definition) is 2. The first-order valence-electron chi connectivity index (χ1n) is 9.06. The number of aromatic nitrogens is 1. The number of anilines is 3. The monoisotopic (exact) mass is 395 g/mol. The summed E-state index contributed by atoms with van der Waals surface area (Å²) in [6, 6.07) is 12.2. The molecule has 0 bridgehead atoms. The van der Waals surface area contributed by atoms with Crippen LogP contribution in [-0.2, 0) is 6.54 Å². The van der Waals surface area contributed by atoms with E-state index in [9.17, 15) is 0 Å². The van der Waals surface area contributed by atoms with Gasteiger partial charge in [0.2, 0.25) is 5.52 Å². The highest BCUT2D eigenvalue weighted by Gasteiger charge is 2.23. The van der Waals surface area contributed by atoms with Gasteiger partial charge in [-0.3, -0.25) is 0 Å². The molecule has 6 heteroatoms. The van der Waals surface area contributed by atoms with Gasteiger partial charge in [-0.2, -0.15) is 4.57 Å². The fraction of sp³-hybridized carbons (Fsp3) is 0.190. The fourth-order valence-electron chi connectivity index (χ4n) is 3.36. The van der Waals surface area contributed by atoms with Gasteiger partial charge in [0.05, 0.1) is 10.7 Å². The van der Waals surface area contributed by atoms with Gasteiger partial charge in [0.25, 0.3) is 5.01 Å². The van der Waals surface area contributed by atoms with Crippen LogP contribution in [0.25, 0.3) is 16.3 Å². The second kappa shape index (κ2) is 7.29. The van der Waals surface area contributed by atoms with E-state index in [1.165, 1.54) is 30.8 Å². The SMILES string of the molecule is CCN1/C(=C/C=C/c2sc3cc(N)ccc3[n+]2CC)Sc2cc(N)ccc21. The molecule has 0 fully saturated rings.